The van der Waals surface area contributed by atoms with E-state index < -0.39 is 0 Å². The molecule has 4 aromatic rings. The first-order valence-corrected chi connectivity index (χ1v) is 8.96. The van der Waals surface area contributed by atoms with Gasteiger partial charge in [0.25, 0.3) is 5.56 Å². The molecule has 0 aliphatic rings. The molecule has 0 unspecified atom stereocenters. The molecular formula is C22H17ClN2O2. The number of hydrogen-bond acceptors (Lipinski definition) is 3. The Morgan fingerprint density at radius 3 is 2.56 bits per heavy atom. The second-order valence-electron chi connectivity index (χ2n) is 6.25. The Morgan fingerprint density at radius 1 is 0.963 bits per heavy atom. The van der Waals surface area contributed by atoms with Crippen LogP contribution in [0.3, 0.4) is 0 Å². The van der Waals surface area contributed by atoms with Gasteiger partial charge in [-0.3, -0.25) is 9.20 Å². The van der Waals surface area contributed by atoms with Gasteiger partial charge < -0.3 is 4.74 Å². The number of fused-ring (bicyclic) bond motifs is 1. The van der Waals surface area contributed by atoms with E-state index in [9.17, 15) is 4.79 Å². The molecular weight excluding hydrogens is 360 g/mol. The van der Waals surface area contributed by atoms with Gasteiger partial charge in [0.15, 0.2) is 0 Å². The minimum atomic E-state index is -0.123. The number of halogens is 1. The highest BCUT2D eigenvalue weighted by atomic mass is 35.5. The van der Waals surface area contributed by atoms with Crippen molar-refractivity contribution in [3.8, 4) is 16.9 Å². The van der Waals surface area contributed by atoms with Gasteiger partial charge in [0.2, 0.25) is 0 Å². The molecule has 0 N–H and O–H groups in total. The number of pyridine rings is 1. The van der Waals surface area contributed by atoms with Crippen LogP contribution in [0.15, 0.2) is 77.6 Å². The minimum absolute atomic E-state index is 0.123. The lowest BCUT2D eigenvalue weighted by molar-refractivity contribution is 0.301. The molecule has 0 saturated carbocycles. The summed E-state index contributed by atoms with van der Waals surface area (Å²) >= 11 is 6.38. The molecule has 0 aliphatic carbocycles. The Balaban J connectivity index is 1.57. The average molecular weight is 377 g/mol. The van der Waals surface area contributed by atoms with E-state index in [0.29, 0.717) is 22.1 Å². The van der Waals surface area contributed by atoms with Gasteiger partial charge in [0, 0.05) is 11.8 Å². The molecule has 0 amide bonds. The quantitative estimate of drug-likeness (QED) is 0.508. The Kier molecular flexibility index (Phi) is 4.65. The van der Waals surface area contributed by atoms with E-state index in [4.69, 9.17) is 16.3 Å². The SMILES string of the molecule is Cc1cccc2nc(COc3ccc(-c4ccccc4)cc3Cl)cc(=O)n12. The van der Waals surface area contributed by atoms with Gasteiger partial charge in [-0.1, -0.05) is 54.1 Å². The van der Waals surface area contributed by atoms with Crippen molar-refractivity contribution in [1.29, 1.82) is 0 Å². The zero-order chi connectivity index (χ0) is 18.8. The second-order valence-corrected chi connectivity index (χ2v) is 6.65. The van der Waals surface area contributed by atoms with Crippen LogP contribution in [0.4, 0.5) is 0 Å². The molecule has 134 valence electrons. The van der Waals surface area contributed by atoms with Crippen molar-refractivity contribution in [1.82, 2.24) is 9.38 Å². The first kappa shape index (κ1) is 17.3. The molecule has 0 bridgehead atoms. The fraction of sp³-hybridized carbons (Fsp3) is 0.0909. The van der Waals surface area contributed by atoms with Crippen molar-refractivity contribution in [2.75, 3.05) is 0 Å². The normalized spacial score (nSPS) is 10.9. The monoisotopic (exact) mass is 376 g/mol. The standard InChI is InChI=1S/C22H17ClN2O2/c1-15-6-5-9-21-24-18(13-22(26)25(15)21)14-27-20-11-10-17(12-19(20)23)16-7-3-2-4-8-16/h2-13H,14H2,1H3. The van der Waals surface area contributed by atoms with Gasteiger partial charge >= 0.3 is 0 Å². The maximum absolute atomic E-state index is 12.3. The Hall–Kier alpha value is -3.11. The van der Waals surface area contributed by atoms with Gasteiger partial charge in [-0.05, 0) is 42.3 Å². The van der Waals surface area contributed by atoms with Gasteiger partial charge in [0.05, 0.1) is 10.7 Å². The number of rotatable bonds is 4. The fourth-order valence-electron chi connectivity index (χ4n) is 3.02. The first-order valence-electron chi connectivity index (χ1n) is 8.58. The predicted molar refractivity (Wildman–Crippen MR) is 107 cm³/mol. The summed E-state index contributed by atoms with van der Waals surface area (Å²) in [4.78, 5) is 16.8. The lowest BCUT2D eigenvalue weighted by Crippen LogP contribution is -2.18. The molecule has 4 nitrogen and oxygen atoms in total. The third-order valence-corrected chi connectivity index (χ3v) is 4.64. The van der Waals surface area contributed by atoms with E-state index >= 15 is 0 Å². The molecule has 2 aromatic carbocycles. The van der Waals surface area contributed by atoms with Crippen LogP contribution in [-0.2, 0) is 6.61 Å². The van der Waals surface area contributed by atoms with E-state index in [1.165, 1.54) is 6.07 Å². The van der Waals surface area contributed by atoms with Crippen LogP contribution in [0.2, 0.25) is 5.02 Å². The van der Waals surface area contributed by atoms with Crippen LogP contribution >= 0.6 is 11.6 Å². The summed E-state index contributed by atoms with van der Waals surface area (Å²) in [5.41, 5.74) is 4.00. The average Bonchev–Trinajstić information content (AvgIpc) is 2.67. The third-order valence-electron chi connectivity index (χ3n) is 4.35. The molecule has 2 heterocycles. The van der Waals surface area contributed by atoms with Crippen molar-refractivity contribution < 1.29 is 4.74 Å². The van der Waals surface area contributed by atoms with E-state index in [1.807, 2.05) is 67.6 Å². The second kappa shape index (κ2) is 7.25. The summed E-state index contributed by atoms with van der Waals surface area (Å²) in [6.45, 7) is 2.05. The number of aromatic nitrogens is 2. The van der Waals surface area contributed by atoms with Crippen LogP contribution < -0.4 is 10.3 Å². The van der Waals surface area contributed by atoms with Crippen LogP contribution in [0.25, 0.3) is 16.8 Å². The summed E-state index contributed by atoms with van der Waals surface area (Å²) in [7, 11) is 0. The van der Waals surface area contributed by atoms with E-state index in [0.717, 1.165) is 16.8 Å². The van der Waals surface area contributed by atoms with Crippen LogP contribution in [0.5, 0.6) is 5.75 Å². The highest BCUT2D eigenvalue weighted by Gasteiger charge is 2.08. The zero-order valence-corrected chi connectivity index (χ0v) is 15.5. The topological polar surface area (TPSA) is 43.6 Å². The molecule has 4 rings (SSSR count). The molecule has 27 heavy (non-hydrogen) atoms. The lowest BCUT2D eigenvalue weighted by atomic mass is 10.1. The molecule has 2 aromatic heterocycles. The first-order chi connectivity index (χ1) is 13.1. The van der Waals surface area contributed by atoms with Gasteiger partial charge in [-0.15, -0.1) is 0 Å². The highest BCUT2D eigenvalue weighted by Crippen LogP contribution is 2.30. The van der Waals surface area contributed by atoms with E-state index in [1.54, 1.807) is 10.5 Å². The number of benzene rings is 2. The highest BCUT2D eigenvalue weighted by molar-refractivity contribution is 6.32. The largest absolute Gasteiger partial charge is 0.486 e. The summed E-state index contributed by atoms with van der Waals surface area (Å²) in [6.07, 6.45) is 0. The molecule has 0 fully saturated rings. The Labute approximate surface area is 161 Å². The van der Waals surface area contributed by atoms with Crippen molar-refractivity contribution in [2.24, 2.45) is 0 Å². The fourth-order valence-corrected chi connectivity index (χ4v) is 3.25. The van der Waals surface area contributed by atoms with E-state index in [2.05, 4.69) is 4.98 Å². The van der Waals surface area contributed by atoms with Crippen molar-refractivity contribution in [3.63, 3.8) is 0 Å². The lowest BCUT2D eigenvalue weighted by Gasteiger charge is -2.10. The molecule has 0 radical (unpaired) electrons. The predicted octanol–water partition coefficient (Wildman–Crippen LogP) is 4.90. The van der Waals surface area contributed by atoms with Crippen LogP contribution in [0.1, 0.15) is 11.4 Å². The number of hydrogen-bond donors (Lipinski definition) is 0. The molecule has 0 spiro atoms. The third kappa shape index (κ3) is 3.57. The van der Waals surface area contributed by atoms with Crippen molar-refractivity contribution in [2.45, 2.75) is 13.5 Å². The molecule has 0 atom stereocenters. The number of ether oxygens (including phenoxy) is 1. The molecule has 0 aliphatic heterocycles. The van der Waals surface area contributed by atoms with Crippen LogP contribution in [-0.4, -0.2) is 9.38 Å². The maximum atomic E-state index is 12.3. The number of nitrogens with zero attached hydrogens (tertiary/aromatic N) is 2. The summed E-state index contributed by atoms with van der Waals surface area (Å²) in [6, 6.07) is 22.7. The summed E-state index contributed by atoms with van der Waals surface area (Å²) in [5, 5.41) is 0.518. The number of aryl methyl sites for hydroxylation is 1. The summed E-state index contributed by atoms with van der Waals surface area (Å²) < 4.78 is 7.38. The molecule has 5 heteroatoms. The minimum Gasteiger partial charge on any atom is -0.486 e. The van der Waals surface area contributed by atoms with Gasteiger partial charge in [-0.25, -0.2) is 4.98 Å². The van der Waals surface area contributed by atoms with Gasteiger partial charge in [-0.2, -0.15) is 0 Å². The van der Waals surface area contributed by atoms with Gasteiger partial charge in [0.1, 0.15) is 18.0 Å². The zero-order valence-electron chi connectivity index (χ0n) is 14.7. The van der Waals surface area contributed by atoms with Crippen molar-refractivity contribution >= 4 is 17.2 Å². The Bertz CT molecular complexity index is 1170. The summed E-state index contributed by atoms with van der Waals surface area (Å²) in [5.74, 6) is 0.558. The maximum Gasteiger partial charge on any atom is 0.258 e. The van der Waals surface area contributed by atoms with Crippen molar-refractivity contribution in [3.05, 3.63) is 99.6 Å². The smallest absolute Gasteiger partial charge is 0.258 e. The van der Waals surface area contributed by atoms with Crippen LogP contribution in [0, 0.1) is 6.92 Å². The molecule has 0 saturated heterocycles. The van der Waals surface area contributed by atoms with E-state index in [-0.39, 0.29) is 12.2 Å². The Morgan fingerprint density at radius 2 is 1.78 bits per heavy atom.